The molecule has 2 aromatic carbocycles. The number of hydrogen-bond donors (Lipinski definition) is 1. The summed E-state index contributed by atoms with van der Waals surface area (Å²) in [5.74, 6) is 0.746. The van der Waals surface area contributed by atoms with Crippen LogP contribution < -0.4 is 0 Å². The molecule has 1 fully saturated rings. The molecule has 0 spiro atoms. The zero-order valence-electron chi connectivity index (χ0n) is 17.1. The van der Waals surface area contributed by atoms with E-state index >= 15 is 0 Å². The number of H-pyrrole nitrogens is 1. The minimum atomic E-state index is 0.227. The van der Waals surface area contributed by atoms with Gasteiger partial charge in [-0.15, -0.1) is 11.3 Å². The van der Waals surface area contributed by atoms with E-state index in [0.29, 0.717) is 12.3 Å². The van der Waals surface area contributed by atoms with Gasteiger partial charge in [0.1, 0.15) is 0 Å². The molecule has 0 atom stereocenters. The van der Waals surface area contributed by atoms with Crippen LogP contribution in [0.1, 0.15) is 34.9 Å². The summed E-state index contributed by atoms with van der Waals surface area (Å²) in [7, 11) is 0. The van der Waals surface area contributed by atoms with Crippen molar-refractivity contribution < 1.29 is 4.79 Å². The lowest BCUT2D eigenvalue weighted by molar-refractivity contribution is -0.131. The number of likely N-dealkylation sites (tertiary alicyclic amines) is 1. The van der Waals surface area contributed by atoms with Gasteiger partial charge in [-0.2, -0.15) is 0 Å². The van der Waals surface area contributed by atoms with Crippen molar-refractivity contribution in [3.8, 4) is 11.3 Å². The molecule has 152 valence electrons. The molecule has 1 amide bonds. The molecule has 0 bridgehead atoms. The number of benzene rings is 2. The van der Waals surface area contributed by atoms with Crippen LogP contribution in [0.3, 0.4) is 0 Å². The highest BCUT2D eigenvalue weighted by molar-refractivity contribution is 7.09. The molecule has 4 aromatic rings. The number of aromatic nitrogens is 2. The van der Waals surface area contributed by atoms with Crippen molar-refractivity contribution in [1.82, 2.24) is 14.9 Å². The largest absolute Gasteiger partial charge is 0.361 e. The summed E-state index contributed by atoms with van der Waals surface area (Å²) in [6.45, 7) is 3.68. The van der Waals surface area contributed by atoms with E-state index in [2.05, 4.69) is 70.1 Å². The Balaban J connectivity index is 1.20. The van der Waals surface area contributed by atoms with E-state index in [4.69, 9.17) is 0 Å². The average molecular weight is 416 g/mol. The van der Waals surface area contributed by atoms with Gasteiger partial charge in [0.05, 0.1) is 17.1 Å². The van der Waals surface area contributed by atoms with Crippen molar-refractivity contribution in [3.05, 3.63) is 76.2 Å². The lowest BCUT2D eigenvalue weighted by Gasteiger charge is -2.32. The van der Waals surface area contributed by atoms with Gasteiger partial charge in [-0.05, 0) is 42.9 Å². The van der Waals surface area contributed by atoms with Gasteiger partial charge in [-0.1, -0.05) is 42.5 Å². The minimum Gasteiger partial charge on any atom is -0.361 e. The van der Waals surface area contributed by atoms with Crippen LogP contribution in [0.5, 0.6) is 0 Å². The first-order chi connectivity index (χ1) is 14.7. The van der Waals surface area contributed by atoms with Crippen molar-refractivity contribution in [2.75, 3.05) is 13.1 Å². The molecular weight excluding hydrogens is 390 g/mol. The molecule has 5 rings (SSSR count). The Morgan fingerprint density at radius 2 is 1.90 bits per heavy atom. The first-order valence-electron chi connectivity index (χ1n) is 10.5. The van der Waals surface area contributed by atoms with Gasteiger partial charge in [0.25, 0.3) is 0 Å². The summed E-state index contributed by atoms with van der Waals surface area (Å²) in [5, 5.41) is 4.46. The van der Waals surface area contributed by atoms with E-state index in [9.17, 15) is 4.79 Å². The molecule has 5 heteroatoms. The molecule has 0 radical (unpaired) electrons. The Labute approximate surface area is 180 Å². The number of rotatable bonds is 4. The van der Waals surface area contributed by atoms with Gasteiger partial charge in [0.15, 0.2) is 0 Å². The molecule has 0 aliphatic carbocycles. The molecular formula is C25H25N3OS. The Bertz CT molecular complexity index is 1170. The highest BCUT2D eigenvalue weighted by Crippen LogP contribution is 2.33. The third kappa shape index (κ3) is 3.77. The smallest absolute Gasteiger partial charge is 0.226 e. The van der Waals surface area contributed by atoms with Gasteiger partial charge >= 0.3 is 0 Å². The topological polar surface area (TPSA) is 49.0 Å². The monoisotopic (exact) mass is 415 g/mol. The third-order valence-corrected chi connectivity index (χ3v) is 6.91. The van der Waals surface area contributed by atoms with Crippen LogP contribution in [0.2, 0.25) is 0 Å². The predicted molar refractivity (Wildman–Crippen MR) is 123 cm³/mol. The summed E-state index contributed by atoms with van der Waals surface area (Å²) >= 11 is 1.66. The zero-order valence-corrected chi connectivity index (χ0v) is 17.9. The molecule has 3 heterocycles. The lowest BCUT2D eigenvalue weighted by Crippen LogP contribution is -2.38. The molecule has 1 aliphatic heterocycles. The van der Waals surface area contributed by atoms with Crippen LogP contribution in [0.15, 0.2) is 60.1 Å². The highest BCUT2D eigenvalue weighted by Gasteiger charge is 2.25. The fraction of sp³-hybridized carbons (Fsp3) is 0.280. The normalized spacial score (nSPS) is 15.0. The van der Waals surface area contributed by atoms with Crippen molar-refractivity contribution in [2.45, 2.75) is 32.1 Å². The Morgan fingerprint density at radius 3 is 2.63 bits per heavy atom. The van der Waals surface area contributed by atoms with E-state index in [-0.39, 0.29) is 5.91 Å². The number of hydrogen-bond acceptors (Lipinski definition) is 3. The third-order valence-electron chi connectivity index (χ3n) is 6.13. The zero-order chi connectivity index (χ0) is 20.5. The summed E-state index contributed by atoms with van der Waals surface area (Å²) in [4.78, 5) is 22.8. The van der Waals surface area contributed by atoms with Crippen molar-refractivity contribution >= 4 is 28.1 Å². The molecule has 1 N–H and O–H groups in total. The second-order valence-corrected chi connectivity index (χ2v) is 9.13. The summed E-state index contributed by atoms with van der Waals surface area (Å²) in [5.41, 5.74) is 5.77. The van der Waals surface area contributed by atoms with E-state index in [1.54, 1.807) is 11.3 Å². The van der Waals surface area contributed by atoms with E-state index < -0.39 is 0 Å². The molecule has 0 unspecified atom stereocenters. The van der Waals surface area contributed by atoms with E-state index in [1.807, 2.05) is 11.8 Å². The van der Waals surface area contributed by atoms with Crippen LogP contribution in [0.25, 0.3) is 22.2 Å². The number of amides is 1. The minimum absolute atomic E-state index is 0.227. The average Bonchev–Trinajstić information content (AvgIpc) is 3.41. The number of aryl methyl sites for hydroxylation is 1. The van der Waals surface area contributed by atoms with Gasteiger partial charge in [0.2, 0.25) is 5.91 Å². The number of nitrogens with one attached hydrogen (secondary N) is 1. The van der Waals surface area contributed by atoms with Crippen LogP contribution in [0.4, 0.5) is 0 Å². The van der Waals surface area contributed by atoms with Gasteiger partial charge in [-0.3, -0.25) is 4.79 Å². The van der Waals surface area contributed by atoms with Crippen LogP contribution >= 0.6 is 11.3 Å². The molecule has 1 aliphatic rings. The summed E-state index contributed by atoms with van der Waals surface area (Å²) < 4.78 is 0. The van der Waals surface area contributed by atoms with Crippen molar-refractivity contribution in [1.29, 1.82) is 0 Å². The number of carbonyl (C=O) groups excluding carboxylic acids is 1. The SMILES string of the molecule is Cc1nc(-c2ccc(CC(=O)N3CCC(c4c[nH]c5ccccc45)CC3)cc2)cs1. The summed E-state index contributed by atoms with van der Waals surface area (Å²) in [6.07, 6.45) is 4.66. The molecule has 2 aromatic heterocycles. The van der Waals surface area contributed by atoms with Gasteiger partial charge in [-0.25, -0.2) is 4.98 Å². The fourth-order valence-electron chi connectivity index (χ4n) is 4.45. The molecule has 1 saturated heterocycles. The Hall–Kier alpha value is -2.92. The Kier molecular flexibility index (Phi) is 5.13. The van der Waals surface area contributed by atoms with E-state index in [0.717, 1.165) is 47.8 Å². The highest BCUT2D eigenvalue weighted by atomic mass is 32.1. The second-order valence-electron chi connectivity index (χ2n) is 8.07. The number of nitrogens with zero attached hydrogens (tertiary/aromatic N) is 2. The number of piperidine rings is 1. The maximum absolute atomic E-state index is 12.8. The first-order valence-corrected chi connectivity index (χ1v) is 11.4. The van der Waals surface area contributed by atoms with Crippen LogP contribution in [-0.2, 0) is 11.2 Å². The fourth-order valence-corrected chi connectivity index (χ4v) is 5.07. The van der Waals surface area contributed by atoms with E-state index in [1.165, 1.54) is 16.5 Å². The van der Waals surface area contributed by atoms with Crippen molar-refractivity contribution in [2.24, 2.45) is 0 Å². The molecule has 0 saturated carbocycles. The predicted octanol–water partition coefficient (Wildman–Crippen LogP) is 5.55. The Morgan fingerprint density at radius 1 is 1.13 bits per heavy atom. The van der Waals surface area contributed by atoms with Crippen LogP contribution in [-0.4, -0.2) is 33.9 Å². The number of thiazole rings is 1. The van der Waals surface area contributed by atoms with Crippen molar-refractivity contribution in [3.63, 3.8) is 0 Å². The van der Waals surface area contributed by atoms with Gasteiger partial charge < -0.3 is 9.88 Å². The lowest BCUT2D eigenvalue weighted by atomic mass is 9.89. The standard InChI is InChI=1S/C25H25N3OS/c1-17-27-24(16-30-17)20-8-6-18(7-9-20)14-25(29)28-12-10-19(11-13-28)22-15-26-23-5-3-2-4-21(22)23/h2-9,15-16,19,26H,10-14H2,1H3. The quantitative estimate of drug-likeness (QED) is 0.475. The molecule has 4 nitrogen and oxygen atoms in total. The number of aromatic amines is 1. The number of fused-ring (bicyclic) bond motifs is 1. The maximum Gasteiger partial charge on any atom is 0.226 e. The molecule has 30 heavy (non-hydrogen) atoms. The maximum atomic E-state index is 12.8. The first kappa shape index (κ1) is 19.1. The second kappa shape index (κ2) is 8.07. The summed E-state index contributed by atoms with van der Waals surface area (Å²) in [6, 6.07) is 16.7. The number of carbonyl (C=O) groups is 1. The number of para-hydroxylation sites is 1. The van der Waals surface area contributed by atoms with Crippen LogP contribution in [0, 0.1) is 6.92 Å². The van der Waals surface area contributed by atoms with Gasteiger partial charge in [0, 0.05) is 41.1 Å².